The highest BCUT2D eigenvalue weighted by Gasteiger charge is 2.12. The zero-order valence-electron chi connectivity index (χ0n) is 8.17. The van der Waals surface area contributed by atoms with Crippen LogP contribution < -0.4 is 4.74 Å². The van der Waals surface area contributed by atoms with Crippen LogP contribution >= 0.6 is 0 Å². The summed E-state index contributed by atoms with van der Waals surface area (Å²) < 4.78 is 5.16. The van der Waals surface area contributed by atoms with E-state index in [1.807, 2.05) is 30.4 Å². The fourth-order valence-corrected chi connectivity index (χ4v) is 1.25. The average molecular weight is 201 g/mol. The predicted molar refractivity (Wildman–Crippen MR) is 57.5 cm³/mol. The molecule has 0 atom stereocenters. The minimum Gasteiger partial charge on any atom is -0.410 e. The molecule has 0 aromatic heterocycles. The van der Waals surface area contributed by atoms with E-state index in [0.717, 1.165) is 0 Å². The van der Waals surface area contributed by atoms with Crippen molar-refractivity contribution in [2.45, 2.75) is 0 Å². The van der Waals surface area contributed by atoms with Gasteiger partial charge in [0.05, 0.1) is 0 Å². The molecular weight excluding hydrogens is 190 g/mol. The number of carbonyl (C=O) groups excluding carboxylic acids is 1. The first-order valence-corrected chi connectivity index (χ1v) is 4.73. The van der Waals surface area contributed by atoms with Crippen LogP contribution in [0, 0.1) is 0 Å². The Labute approximate surface area is 88.3 Å². The molecule has 3 heteroatoms. The number of para-hydroxylation sites is 1. The van der Waals surface area contributed by atoms with Crippen LogP contribution in [-0.4, -0.2) is 17.5 Å². The molecule has 3 nitrogen and oxygen atoms in total. The number of nitrogens with zero attached hydrogens (tertiary/aromatic N) is 1. The Morgan fingerprint density at radius 1 is 1.20 bits per heavy atom. The molecule has 0 bridgehead atoms. The summed E-state index contributed by atoms with van der Waals surface area (Å²) in [6.07, 6.45) is 6.93. The normalized spacial score (nSPS) is 14.0. The number of hydrogen-bond acceptors (Lipinski definition) is 2. The SMILES string of the molecule is O=C(Oc1ccccc1)N1C=CC=CC1. The van der Waals surface area contributed by atoms with Gasteiger partial charge in [-0.3, -0.25) is 4.90 Å². The first-order valence-electron chi connectivity index (χ1n) is 4.73. The lowest BCUT2D eigenvalue weighted by Crippen LogP contribution is -2.29. The maximum absolute atomic E-state index is 11.6. The summed E-state index contributed by atoms with van der Waals surface area (Å²) in [5.74, 6) is 0.561. The number of benzene rings is 1. The van der Waals surface area contributed by atoms with Crippen molar-refractivity contribution in [3.63, 3.8) is 0 Å². The van der Waals surface area contributed by atoms with Gasteiger partial charge >= 0.3 is 6.09 Å². The quantitative estimate of drug-likeness (QED) is 0.698. The monoisotopic (exact) mass is 201 g/mol. The van der Waals surface area contributed by atoms with Gasteiger partial charge in [-0.25, -0.2) is 4.79 Å². The minimum atomic E-state index is -0.359. The molecule has 1 aromatic carbocycles. The third-order valence-corrected chi connectivity index (χ3v) is 2.00. The van der Waals surface area contributed by atoms with Gasteiger partial charge in [0.25, 0.3) is 0 Å². The molecule has 0 saturated carbocycles. The predicted octanol–water partition coefficient (Wildman–Crippen LogP) is 2.57. The smallest absolute Gasteiger partial charge is 0.410 e. The Morgan fingerprint density at radius 2 is 2.00 bits per heavy atom. The van der Waals surface area contributed by atoms with Gasteiger partial charge in [-0.15, -0.1) is 0 Å². The van der Waals surface area contributed by atoms with Crippen LogP contribution in [0.3, 0.4) is 0 Å². The topological polar surface area (TPSA) is 29.5 Å². The molecule has 0 spiro atoms. The molecular formula is C12H11NO2. The third-order valence-electron chi connectivity index (χ3n) is 2.00. The van der Waals surface area contributed by atoms with Crippen LogP contribution in [0.2, 0.25) is 0 Å². The zero-order chi connectivity index (χ0) is 10.5. The van der Waals surface area contributed by atoms with Gasteiger partial charge in [0.2, 0.25) is 0 Å². The fraction of sp³-hybridized carbons (Fsp3) is 0.0833. The van der Waals surface area contributed by atoms with Crippen molar-refractivity contribution in [2.75, 3.05) is 6.54 Å². The van der Waals surface area contributed by atoms with E-state index in [-0.39, 0.29) is 6.09 Å². The van der Waals surface area contributed by atoms with Crippen LogP contribution in [0.4, 0.5) is 4.79 Å². The van der Waals surface area contributed by atoms with E-state index in [4.69, 9.17) is 4.74 Å². The van der Waals surface area contributed by atoms with Gasteiger partial charge in [0, 0.05) is 12.7 Å². The molecule has 0 radical (unpaired) electrons. The van der Waals surface area contributed by atoms with E-state index in [1.165, 1.54) is 4.90 Å². The van der Waals surface area contributed by atoms with E-state index in [9.17, 15) is 4.79 Å². The molecule has 0 unspecified atom stereocenters. The minimum absolute atomic E-state index is 0.359. The van der Waals surface area contributed by atoms with Gasteiger partial charge in [-0.2, -0.15) is 0 Å². The number of allylic oxidation sites excluding steroid dienone is 2. The summed E-state index contributed by atoms with van der Waals surface area (Å²) >= 11 is 0. The summed E-state index contributed by atoms with van der Waals surface area (Å²) in [6, 6.07) is 9.03. The van der Waals surface area contributed by atoms with Crippen molar-refractivity contribution in [3.05, 3.63) is 54.8 Å². The van der Waals surface area contributed by atoms with Crippen molar-refractivity contribution in [3.8, 4) is 5.75 Å². The van der Waals surface area contributed by atoms with Crippen molar-refractivity contribution in [1.82, 2.24) is 4.90 Å². The van der Waals surface area contributed by atoms with Crippen LogP contribution in [0.1, 0.15) is 0 Å². The van der Waals surface area contributed by atoms with Crippen molar-refractivity contribution in [1.29, 1.82) is 0 Å². The highest BCUT2D eigenvalue weighted by molar-refractivity contribution is 5.72. The molecule has 76 valence electrons. The van der Waals surface area contributed by atoms with Gasteiger partial charge < -0.3 is 4.74 Å². The molecule has 1 aliphatic heterocycles. The lowest BCUT2D eigenvalue weighted by molar-refractivity contribution is 0.173. The molecule has 1 aliphatic rings. The number of carbonyl (C=O) groups is 1. The molecule has 1 heterocycles. The second-order valence-corrected chi connectivity index (χ2v) is 3.10. The molecule has 2 rings (SSSR count). The summed E-state index contributed by atoms with van der Waals surface area (Å²) in [4.78, 5) is 13.1. The van der Waals surface area contributed by atoms with E-state index in [1.54, 1.807) is 24.4 Å². The van der Waals surface area contributed by atoms with Crippen molar-refractivity contribution < 1.29 is 9.53 Å². The highest BCUT2D eigenvalue weighted by atomic mass is 16.6. The molecule has 0 aliphatic carbocycles. The van der Waals surface area contributed by atoms with E-state index in [2.05, 4.69) is 0 Å². The molecule has 0 N–H and O–H groups in total. The Morgan fingerprint density at radius 3 is 2.67 bits per heavy atom. The maximum atomic E-state index is 11.6. The van der Waals surface area contributed by atoms with Gasteiger partial charge in [-0.1, -0.05) is 30.4 Å². The highest BCUT2D eigenvalue weighted by Crippen LogP contribution is 2.11. The maximum Gasteiger partial charge on any atom is 0.419 e. The largest absolute Gasteiger partial charge is 0.419 e. The van der Waals surface area contributed by atoms with Crippen LogP contribution in [0.5, 0.6) is 5.75 Å². The van der Waals surface area contributed by atoms with Crippen molar-refractivity contribution in [2.24, 2.45) is 0 Å². The average Bonchev–Trinajstić information content (AvgIpc) is 2.31. The zero-order valence-corrected chi connectivity index (χ0v) is 8.17. The first kappa shape index (κ1) is 9.52. The Hall–Kier alpha value is -2.03. The van der Waals surface area contributed by atoms with Crippen LogP contribution in [-0.2, 0) is 0 Å². The third kappa shape index (κ3) is 2.47. The first-order chi connectivity index (χ1) is 7.36. The van der Waals surface area contributed by atoms with E-state index in [0.29, 0.717) is 12.3 Å². The molecule has 15 heavy (non-hydrogen) atoms. The molecule has 1 amide bonds. The second kappa shape index (κ2) is 4.46. The van der Waals surface area contributed by atoms with Gasteiger partial charge in [0.15, 0.2) is 0 Å². The Balaban J connectivity index is 1.98. The summed E-state index contributed by atoms with van der Waals surface area (Å²) in [5.41, 5.74) is 0. The van der Waals surface area contributed by atoms with Crippen LogP contribution in [0.15, 0.2) is 54.8 Å². The fourth-order valence-electron chi connectivity index (χ4n) is 1.25. The van der Waals surface area contributed by atoms with E-state index < -0.39 is 0 Å². The summed E-state index contributed by atoms with van der Waals surface area (Å²) in [6.45, 7) is 0.558. The Bertz CT molecular complexity index is 395. The summed E-state index contributed by atoms with van der Waals surface area (Å²) in [5, 5.41) is 0. The number of hydrogen-bond donors (Lipinski definition) is 0. The number of amides is 1. The second-order valence-electron chi connectivity index (χ2n) is 3.10. The van der Waals surface area contributed by atoms with Crippen LogP contribution in [0.25, 0.3) is 0 Å². The summed E-state index contributed by atoms with van der Waals surface area (Å²) in [7, 11) is 0. The molecule has 0 saturated heterocycles. The number of rotatable bonds is 1. The molecule has 1 aromatic rings. The number of ether oxygens (including phenoxy) is 1. The van der Waals surface area contributed by atoms with Crippen molar-refractivity contribution >= 4 is 6.09 Å². The standard InChI is InChI=1S/C12H11NO2/c14-12(13-9-5-2-6-10-13)15-11-7-3-1-4-8-11/h1-9H,10H2. The lowest BCUT2D eigenvalue weighted by atomic mass is 10.3. The van der Waals surface area contributed by atoms with Gasteiger partial charge in [-0.05, 0) is 18.2 Å². The Kier molecular flexibility index (Phi) is 2.83. The molecule has 0 fully saturated rings. The van der Waals surface area contributed by atoms with Gasteiger partial charge in [0.1, 0.15) is 5.75 Å². The lowest BCUT2D eigenvalue weighted by Gasteiger charge is -2.17. The van der Waals surface area contributed by atoms with E-state index >= 15 is 0 Å².